The number of rotatable bonds is 17. The summed E-state index contributed by atoms with van der Waals surface area (Å²) in [7, 11) is -2.03. The van der Waals surface area contributed by atoms with E-state index in [1.165, 1.54) is 25.4 Å². The van der Waals surface area contributed by atoms with Gasteiger partial charge in [0.15, 0.2) is 0 Å². The van der Waals surface area contributed by atoms with Crippen molar-refractivity contribution in [1.29, 1.82) is 0 Å². The van der Waals surface area contributed by atoms with Crippen LogP contribution in [0.15, 0.2) is 85.1 Å². The number of hydrogen-bond acceptors (Lipinski definition) is 9. The van der Waals surface area contributed by atoms with E-state index in [1.54, 1.807) is 36.4 Å². The summed E-state index contributed by atoms with van der Waals surface area (Å²) in [4.78, 5) is 38.2. The van der Waals surface area contributed by atoms with Crippen LogP contribution in [0.5, 0.6) is 0 Å². The second-order valence-electron chi connectivity index (χ2n) is 10.7. The fraction of sp³-hybridized carbons (Fsp3) is 0.273. The van der Waals surface area contributed by atoms with Gasteiger partial charge in [-0.1, -0.05) is 55.3 Å². The number of carbonyl (C=O) groups excluding carboxylic acids is 2. The van der Waals surface area contributed by atoms with Gasteiger partial charge in [-0.15, -0.1) is 0 Å². The first-order valence-electron chi connectivity index (χ1n) is 15.0. The van der Waals surface area contributed by atoms with E-state index in [0.717, 1.165) is 29.0 Å². The largest absolute Gasteiger partial charge is 0.352 e. The predicted octanol–water partition coefficient (Wildman–Crippen LogP) is 5.43. The highest BCUT2D eigenvalue weighted by Gasteiger charge is 2.16. The number of benzene rings is 3. The molecule has 0 fully saturated rings. The van der Waals surface area contributed by atoms with Crippen molar-refractivity contribution < 1.29 is 27.2 Å². The number of nitrogens with one attached hydrogen (secondary N) is 4. The van der Waals surface area contributed by atoms with Crippen molar-refractivity contribution in [3.8, 4) is 0 Å². The number of halogens is 1. The molecule has 1 aromatic heterocycles. The first-order valence-corrected chi connectivity index (χ1v) is 16.9. The summed E-state index contributed by atoms with van der Waals surface area (Å²) in [5.74, 6) is -0.870. The second-order valence-corrected chi connectivity index (χ2v) is 12.7. The third-order valence-corrected chi connectivity index (χ3v) is 8.20. The molecule has 0 saturated heterocycles. The van der Waals surface area contributed by atoms with Crippen LogP contribution in [-0.2, 0) is 26.3 Å². The average Bonchev–Trinajstić information content (AvgIpc) is 3.04. The molecular formula is C33H38FN7O5S. The molecule has 4 rings (SSSR count). The fourth-order valence-electron chi connectivity index (χ4n) is 4.45. The molecule has 0 aliphatic carbocycles. The Kier molecular flexibility index (Phi) is 12.6. The number of unbranched alkanes of at least 4 members (excludes halogenated alkanes) is 3. The molecule has 0 bridgehead atoms. The van der Waals surface area contributed by atoms with E-state index in [-0.39, 0.29) is 17.4 Å². The van der Waals surface area contributed by atoms with Gasteiger partial charge in [-0.05, 0) is 54.8 Å². The molecule has 12 nitrogen and oxygen atoms in total. The van der Waals surface area contributed by atoms with Crippen molar-refractivity contribution in [2.45, 2.75) is 38.7 Å². The van der Waals surface area contributed by atoms with Crippen molar-refractivity contribution in [3.05, 3.63) is 102 Å². The van der Waals surface area contributed by atoms with Gasteiger partial charge in [-0.3, -0.25) is 18.7 Å². The average molecular weight is 664 g/mol. The molecule has 248 valence electrons. The van der Waals surface area contributed by atoms with Crippen LogP contribution < -0.4 is 25.7 Å². The molecule has 0 aliphatic heterocycles. The Morgan fingerprint density at radius 2 is 1.66 bits per heavy atom. The number of amides is 2. The van der Waals surface area contributed by atoms with Gasteiger partial charge < -0.3 is 16.0 Å². The maximum atomic E-state index is 14.9. The highest BCUT2D eigenvalue weighted by molar-refractivity contribution is 7.92. The molecule has 4 N–H and O–H groups in total. The monoisotopic (exact) mass is 663 g/mol. The SMILES string of the molecule is CN(c1ccccc1Nc1ccnc(Nc2ccc(C(=O)NCCCCCCC(=O)NOCc3ccccc3)c(F)c2)n1)S(C)(=O)=O. The van der Waals surface area contributed by atoms with E-state index in [4.69, 9.17) is 4.84 Å². The van der Waals surface area contributed by atoms with E-state index < -0.39 is 21.7 Å². The maximum absolute atomic E-state index is 14.9. The first kappa shape index (κ1) is 34.8. The van der Waals surface area contributed by atoms with Gasteiger partial charge in [0, 0.05) is 31.9 Å². The lowest BCUT2D eigenvalue weighted by Gasteiger charge is -2.20. The Labute approximate surface area is 273 Å². The lowest BCUT2D eigenvalue weighted by molar-refractivity contribution is -0.134. The van der Waals surface area contributed by atoms with Crippen molar-refractivity contribution >= 4 is 50.7 Å². The molecule has 0 unspecified atom stereocenters. The number of carbonyl (C=O) groups is 2. The van der Waals surface area contributed by atoms with Crippen LogP contribution in [0.25, 0.3) is 0 Å². The highest BCUT2D eigenvalue weighted by atomic mass is 32.2. The number of anilines is 5. The molecule has 1 heterocycles. The Hall–Kier alpha value is -5.08. The predicted molar refractivity (Wildman–Crippen MR) is 179 cm³/mol. The minimum atomic E-state index is -3.49. The summed E-state index contributed by atoms with van der Waals surface area (Å²) in [5, 5.41) is 8.75. The number of aromatic nitrogens is 2. The van der Waals surface area contributed by atoms with Crippen molar-refractivity contribution in [1.82, 2.24) is 20.8 Å². The van der Waals surface area contributed by atoms with Gasteiger partial charge in [0.05, 0.1) is 29.8 Å². The molecule has 0 saturated carbocycles. The Morgan fingerprint density at radius 3 is 2.43 bits per heavy atom. The third-order valence-electron chi connectivity index (χ3n) is 7.01. The summed E-state index contributed by atoms with van der Waals surface area (Å²) in [5.41, 5.74) is 4.60. The quantitative estimate of drug-likeness (QED) is 0.0856. The molecule has 0 atom stereocenters. The minimum Gasteiger partial charge on any atom is -0.352 e. The summed E-state index contributed by atoms with van der Waals surface area (Å²) in [6, 6.07) is 22.1. The van der Waals surface area contributed by atoms with Gasteiger partial charge >= 0.3 is 0 Å². The van der Waals surface area contributed by atoms with Crippen molar-refractivity contribution in [2.24, 2.45) is 0 Å². The molecule has 0 aliphatic rings. The first-order chi connectivity index (χ1) is 22.6. The number of hydroxylamine groups is 1. The van der Waals surface area contributed by atoms with Gasteiger partial charge in [0.2, 0.25) is 21.9 Å². The second kappa shape index (κ2) is 17.0. The Balaban J connectivity index is 1.18. The minimum absolute atomic E-state index is 0.0920. The van der Waals surface area contributed by atoms with Crippen LogP contribution in [0.1, 0.15) is 48.0 Å². The lowest BCUT2D eigenvalue weighted by Crippen LogP contribution is -2.25. The van der Waals surface area contributed by atoms with Gasteiger partial charge in [-0.2, -0.15) is 4.98 Å². The van der Waals surface area contributed by atoms with Gasteiger partial charge in [-0.25, -0.2) is 23.3 Å². The van der Waals surface area contributed by atoms with E-state index in [0.29, 0.717) is 55.3 Å². The Morgan fingerprint density at radius 1 is 0.915 bits per heavy atom. The van der Waals surface area contributed by atoms with Crippen molar-refractivity contribution in [2.75, 3.05) is 34.8 Å². The molecule has 4 aromatic rings. The maximum Gasteiger partial charge on any atom is 0.254 e. The molecule has 0 spiro atoms. The topological polar surface area (TPSA) is 155 Å². The van der Waals surface area contributed by atoms with Crippen LogP contribution in [0, 0.1) is 5.82 Å². The Bertz CT molecular complexity index is 1760. The molecule has 2 amide bonds. The third kappa shape index (κ3) is 11.0. The van der Waals surface area contributed by atoms with E-state index in [1.807, 2.05) is 30.3 Å². The number of nitrogens with zero attached hydrogens (tertiary/aromatic N) is 3. The van der Waals surface area contributed by atoms with Crippen LogP contribution >= 0.6 is 0 Å². The molecule has 47 heavy (non-hydrogen) atoms. The van der Waals surface area contributed by atoms with E-state index >= 15 is 0 Å². The smallest absolute Gasteiger partial charge is 0.254 e. The van der Waals surface area contributed by atoms with Crippen molar-refractivity contribution in [3.63, 3.8) is 0 Å². The standard InChI is InChI=1S/C33H38FN7O5S/c1-41(47(2,44)45)29-15-10-9-14-28(29)38-30-19-21-36-33(39-30)37-25-17-18-26(27(34)22-25)32(43)35-20-11-4-3-8-16-31(42)40-46-23-24-12-6-5-7-13-24/h5-7,9-10,12-15,17-19,21-22H,3-4,8,11,16,20,23H2,1-2H3,(H,35,43)(H,40,42)(H2,36,37,38,39). The van der Waals surface area contributed by atoms with Crippen LogP contribution in [0.2, 0.25) is 0 Å². The molecule has 3 aromatic carbocycles. The zero-order valence-electron chi connectivity index (χ0n) is 26.2. The number of para-hydroxylation sites is 2. The summed E-state index contributed by atoms with van der Waals surface area (Å²) < 4.78 is 40.1. The van der Waals surface area contributed by atoms with E-state index in [9.17, 15) is 22.4 Å². The fourth-order valence-corrected chi connectivity index (χ4v) is 4.97. The zero-order chi connectivity index (χ0) is 33.6. The summed E-state index contributed by atoms with van der Waals surface area (Å²) in [6.45, 7) is 0.680. The molecular weight excluding hydrogens is 625 g/mol. The van der Waals surface area contributed by atoms with Gasteiger partial charge in [0.25, 0.3) is 5.91 Å². The number of sulfonamides is 1. The van der Waals surface area contributed by atoms with Gasteiger partial charge in [0.1, 0.15) is 11.6 Å². The van der Waals surface area contributed by atoms with Crippen LogP contribution in [0.4, 0.5) is 33.2 Å². The number of hydrogen-bond donors (Lipinski definition) is 4. The summed E-state index contributed by atoms with van der Waals surface area (Å²) >= 11 is 0. The van der Waals surface area contributed by atoms with E-state index in [2.05, 4.69) is 31.4 Å². The molecule has 14 heteroatoms. The summed E-state index contributed by atoms with van der Waals surface area (Å²) in [6.07, 6.45) is 5.94. The normalized spacial score (nSPS) is 11.0. The highest BCUT2D eigenvalue weighted by Crippen LogP contribution is 2.29. The van der Waals surface area contributed by atoms with Crippen LogP contribution in [0.3, 0.4) is 0 Å². The lowest BCUT2D eigenvalue weighted by atomic mass is 10.1. The zero-order valence-corrected chi connectivity index (χ0v) is 27.0. The molecule has 0 radical (unpaired) electrons. The van der Waals surface area contributed by atoms with Crippen LogP contribution in [-0.4, -0.2) is 50.0 Å².